The number of H-pyrrole nitrogens is 1. The van der Waals surface area contributed by atoms with Gasteiger partial charge in [0.25, 0.3) is 0 Å². The van der Waals surface area contributed by atoms with Gasteiger partial charge in [-0.2, -0.15) is 11.8 Å². The van der Waals surface area contributed by atoms with E-state index in [1.807, 2.05) is 0 Å². The number of hydrogen-bond acceptors (Lipinski definition) is 3. The Morgan fingerprint density at radius 3 is 2.70 bits per heavy atom. The zero-order chi connectivity index (χ0) is 15.6. The first-order valence-corrected chi connectivity index (χ1v) is 10.9. The fraction of sp³-hybridized carbons (Fsp3) is 0.556. The minimum absolute atomic E-state index is 0.628. The SMILES string of the molecule is Ic1cc2c(NC3CCC(N4CCSCC4)CC3)cccc2[nH]1. The molecule has 0 spiro atoms. The van der Waals surface area contributed by atoms with Crippen LogP contribution in [0.25, 0.3) is 10.9 Å². The Labute approximate surface area is 156 Å². The van der Waals surface area contributed by atoms with E-state index in [0.29, 0.717) is 6.04 Å². The van der Waals surface area contributed by atoms with Crippen LogP contribution in [0.2, 0.25) is 0 Å². The van der Waals surface area contributed by atoms with Crippen molar-refractivity contribution in [3.8, 4) is 0 Å². The number of hydrogen-bond donors (Lipinski definition) is 2. The Balaban J connectivity index is 1.38. The number of nitrogens with zero attached hydrogens (tertiary/aromatic N) is 1. The Kier molecular flexibility index (Phi) is 5.06. The maximum absolute atomic E-state index is 3.81. The van der Waals surface area contributed by atoms with Crippen molar-refractivity contribution in [3.05, 3.63) is 28.0 Å². The molecular weight excluding hydrogens is 417 g/mol. The number of nitrogens with one attached hydrogen (secondary N) is 2. The van der Waals surface area contributed by atoms with Gasteiger partial charge in [-0.25, -0.2) is 0 Å². The molecular formula is C18H24IN3S. The molecule has 0 amide bonds. The second kappa shape index (κ2) is 7.23. The Morgan fingerprint density at radius 2 is 1.91 bits per heavy atom. The van der Waals surface area contributed by atoms with Crippen molar-refractivity contribution in [2.45, 2.75) is 37.8 Å². The van der Waals surface area contributed by atoms with E-state index in [2.05, 4.69) is 73.8 Å². The Bertz CT molecular complexity index is 657. The molecule has 1 saturated heterocycles. The molecule has 0 unspecified atom stereocenters. The molecule has 1 aromatic carbocycles. The molecule has 0 atom stereocenters. The summed E-state index contributed by atoms with van der Waals surface area (Å²) in [7, 11) is 0. The predicted octanol–water partition coefficient (Wildman–Crippen LogP) is 4.54. The summed E-state index contributed by atoms with van der Waals surface area (Å²) in [5, 5.41) is 5.14. The van der Waals surface area contributed by atoms with Crippen molar-refractivity contribution in [2.24, 2.45) is 0 Å². The van der Waals surface area contributed by atoms with Gasteiger partial charge in [0.05, 0.1) is 3.70 Å². The summed E-state index contributed by atoms with van der Waals surface area (Å²) >= 11 is 4.47. The number of halogens is 1. The molecule has 2 aromatic rings. The van der Waals surface area contributed by atoms with Crippen LogP contribution in [0, 0.1) is 3.70 Å². The van der Waals surface area contributed by atoms with Gasteiger partial charge in [0.1, 0.15) is 0 Å². The maximum atomic E-state index is 3.81. The lowest BCUT2D eigenvalue weighted by molar-refractivity contribution is 0.167. The lowest BCUT2D eigenvalue weighted by Crippen LogP contribution is -2.44. The summed E-state index contributed by atoms with van der Waals surface area (Å²) < 4.78 is 1.21. The lowest BCUT2D eigenvalue weighted by atomic mass is 9.90. The van der Waals surface area contributed by atoms with E-state index in [1.165, 1.54) is 70.6 Å². The number of fused-ring (bicyclic) bond motifs is 1. The van der Waals surface area contributed by atoms with Crippen LogP contribution in [0.15, 0.2) is 24.3 Å². The van der Waals surface area contributed by atoms with Gasteiger partial charge in [0.15, 0.2) is 0 Å². The second-order valence-corrected chi connectivity index (χ2v) is 9.07. The van der Waals surface area contributed by atoms with Crippen LogP contribution in [-0.2, 0) is 0 Å². The summed E-state index contributed by atoms with van der Waals surface area (Å²) in [6.07, 6.45) is 5.30. The van der Waals surface area contributed by atoms with Crippen LogP contribution in [0.4, 0.5) is 5.69 Å². The highest BCUT2D eigenvalue weighted by molar-refractivity contribution is 14.1. The molecule has 23 heavy (non-hydrogen) atoms. The first-order valence-electron chi connectivity index (χ1n) is 8.65. The van der Waals surface area contributed by atoms with Gasteiger partial charge in [-0.1, -0.05) is 6.07 Å². The third kappa shape index (κ3) is 3.66. The molecule has 5 heteroatoms. The standard InChI is InChI=1S/C18H24IN3S/c19-18-12-15-16(2-1-3-17(15)21-18)20-13-4-6-14(7-5-13)22-8-10-23-11-9-22/h1-3,12-14,20-21H,4-11H2. The van der Waals surface area contributed by atoms with Crippen molar-refractivity contribution < 1.29 is 0 Å². The van der Waals surface area contributed by atoms with Crippen LogP contribution >= 0.6 is 34.4 Å². The van der Waals surface area contributed by atoms with Gasteiger partial charge in [0.2, 0.25) is 0 Å². The molecule has 2 heterocycles. The Morgan fingerprint density at radius 1 is 1.13 bits per heavy atom. The van der Waals surface area contributed by atoms with Crippen molar-refractivity contribution in [1.82, 2.24) is 9.88 Å². The highest BCUT2D eigenvalue weighted by Gasteiger charge is 2.26. The van der Waals surface area contributed by atoms with Gasteiger partial charge >= 0.3 is 0 Å². The summed E-state index contributed by atoms with van der Waals surface area (Å²) in [4.78, 5) is 6.16. The van der Waals surface area contributed by atoms with Gasteiger partial charge in [-0.15, -0.1) is 0 Å². The minimum Gasteiger partial charge on any atom is -0.382 e. The third-order valence-corrected chi connectivity index (χ3v) is 6.77. The van der Waals surface area contributed by atoms with Crippen LogP contribution in [0.3, 0.4) is 0 Å². The maximum Gasteiger partial charge on any atom is 0.0783 e. The van der Waals surface area contributed by atoms with Gasteiger partial charge in [-0.3, -0.25) is 4.90 Å². The average Bonchev–Trinajstić information content (AvgIpc) is 2.98. The molecule has 1 aliphatic heterocycles. The van der Waals surface area contributed by atoms with E-state index >= 15 is 0 Å². The molecule has 1 saturated carbocycles. The van der Waals surface area contributed by atoms with Crippen LogP contribution in [0.5, 0.6) is 0 Å². The topological polar surface area (TPSA) is 31.1 Å². The van der Waals surface area contributed by atoms with E-state index < -0.39 is 0 Å². The van der Waals surface area contributed by atoms with Gasteiger partial charge in [0, 0.05) is 53.3 Å². The molecule has 0 bridgehead atoms. The number of aromatic amines is 1. The van der Waals surface area contributed by atoms with Crippen LogP contribution in [-0.4, -0.2) is 46.6 Å². The lowest BCUT2D eigenvalue weighted by Gasteiger charge is -2.39. The normalized spacial score (nSPS) is 26.5. The fourth-order valence-electron chi connectivity index (χ4n) is 3.99. The van der Waals surface area contributed by atoms with Crippen molar-refractivity contribution >= 4 is 50.9 Å². The van der Waals surface area contributed by atoms with Crippen molar-refractivity contribution in [1.29, 1.82) is 0 Å². The van der Waals surface area contributed by atoms with Crippen molar-refractivity contribution in [3.63, 3.8) is 0 Å². The third-order valence-electron chi connectivity index (χ3n) is 5.25. The zero-order valence-electron chi connectivity index (χ0n) is 13.4. The number of aromatic nitrogens is 1. The largest absolute Gasteiger partial charge is 0.382 e. The molecule has 3 nitrogen and oxygen atoms in total. The monoisotopic (exact) mass is 441 g/mol. The molecule has 2 aliphatic rings. The summed E-state index contributed by atoms with van der Waals surface area (Å²) in [6, 6.07) is 10.2. The predicted molar refractivity (Wildman–Crippen MR) is 110 cm³/mol. The number of anilines is 1. The number of rotatable bonds is 3. The molecule has 2 N–H and O–H groups in total. The highest BCUT2D eigenvalue weighted by Crippen LogP contribution is 2.30. The van der Waals surface area contributed by atoms with Crippen molar-refractivity contribution in [2.75, 3.05) is 29.9 Å². The van der Waals surface area contributed by atoms with E-state index in [1.54, 1.807) is 0 Å². The quantitative estimate of drug-likeness (QED) is 0.686. The average molecular weight is 441 g/mol. The first kappa shape index (κ1) is 16.1. The molecule has 0 radical (unpaired) electrons. The van der Waals surface area contributed by atoms with E-state index in [-0.39, 0.29) is 0 Å². The van der Waals surface area contributed by atoms with Gasteiger partial charge < -0.3 is 10.3 Å². The van der Waals surface area contributed by atoms with Crippen LogP contribution < -0.4 is 5.32 Å². The number of thioether (sulfide) groups is 1. The summed E-state index contributed by atoms with van der Waals surface area (Å²) in [5.74, 6) is 2.65. The minimum atomic E-state index is 0.628. The number of benzene rings is 1. The molecule has 2 fully saturated rings. The molecule has 1 aromatic heterocycles. The summed E-state index contributed by atoms with van der Waals surface area (Å²) in [6.45, 7) is 2.60. The van der Waals surface area contributed by atoms with Gasteiger partial charge in [-0.05, 0) is 66.5 Å². The molecule has 124 valence electrons. The second-order valence-electron chi connectivity index (χ2n) is 6.68. The molecule has 1 aliphatic carbocycles. The van der Waals surface area contributed by atoms with E-state index in [0.717, 1.165) is 6.04 Å². The fourth-order valence-corrected chi connectivity index (χ4v) is 5.53. The highest BCUT2D eigenvalue weighted by atomic mass is 127. The molecule has 4 rings (SSSR count). The summed E-state index contributed by atoms with van der Waals surface area (Å²) in [5.41, 5.74) is 2.53. The smallest absolute Gasteiger partial charge is 0.0783 e. The zero-order valence-corrected chi connectivity index (χ0v) is 16.3. The van der Waals surface area contributed by atoms with E-state index in [4.69, 9.17) is 0 Å². The van der Waals surface area contributed by atoms with Crippen LogP contribution in [0.1, 0.15) is 25.7 Å². The van der Waals surface area contributed by atoms with E-state index in [9.17, 15) is 0 Å². The Hall–Kier alpha value is -0.400. The first-order chi connectivity index (χ1) is 11.3.